The zero-order valence-electron chi connectivity index (χ0n) is 16.6. The van der Waals surface area contributed by atoms with Crippen molar-refractivity contribution in [1.82, 2.24) is 9.21 Å². The van der Waals surface area contributed by atoms with Gasteiger partial charge in [0.05, 0.1) is 19.2 Å². The van der Waals surface area contributed by atoms with Crippen molar-refractivity contribution in [3.63, 3.8) is 0 Å². The second-order valence-electron chi connectivity index (χ2n) is 8.25. The van der Waals surface area contributed by atoms with Gasteiger partial charge in [-0.1, -0.05) is 0 Å². The molecule has 3 aliphatic rings. The lowest BCUT2D eigenvalue weighted by Crippen LogP contribution is -2.56. The molecule has 1 fully saturated rings. The highest BCUT2D eigenvalue weighted by atomic mass is 32.2. The summed E-state index contributed by atoms with van der Waals surface area (Å²) >= 11 is 0. The number of nitrogens with zero attached hydrogens (tertiary/aromatic N) is 2. The number of ether oxygens (including phenoxy) is 1. The smallest absolute Gasteiger partial charge is 0.368 e. The molecule has 1 saturated heterocycles. The van der Waals surface area contributed by atoms with Gasteiger partial charge in [-0.25, -0.2) is 17.2 Å². The topological polar surface area (TPSA) is 75.9 Å². The Balaban J connectivity index is 1.50. The van der Waals surface area contributed by atoms with Crippen molar-refractivity contribution in [3.8, 4) is 0 Å². The lowest BCUT2D eigenvalue weighted by Gasteiger charge is -2.46. The molecule has 31 heavy (non-hydrogen) atoms. The minimum absolute atomic E-state index is 0.00286. The van der Waals surface area contributed by atoms with Gasteiger partial charge in [0.25, 0.3) is 0 Å². The second kappa shape index (κ2) is 7.39. The summed E-state index contributed by atoms with van der Waals surface area (Å²) in [5.41, 5.74) is 0.851. The van der Waals surface area contributed by atoms with Crippen LogP contribution in [0.5, 0.6) is 0 Å². The maximum Gasteiger partial charge on any atom is 0.511 e. The minimum atomic E-state index is -5.41. The molecule has 2 N–H and O–H groups in total. The van der Waals surface area contributed by atoms with Crippen molar-refractivity contribution < 1.29 is 35.1 Å². The largest absolute Gasteiger partial charge is 0.511 e. The van der Waals surface area contributed by atoms with E-state index >= 15 is 0 Å². The Labute approximate surface area is 176 Å². The Hall–Kier alpha value is -1.76. The average Bonchev–Trinajstić information content (AvgIpc) is 3.26. The van der Waals surface area contributed by atoms with Gasteiger partial charge in [-0.3, -0.25) is 0 Å². The summed E-state index contributed by atoms with van der Waals surface area (Å²) in [6.07, 6.45) is 0.760. The van der Waals surface area contributed by atoms with Crippen LogP contribution in [0.1, 0.15) is 25.3 Å². The van der Waals surface area contributed by atoms with Crippen LogP contribution in [-0.4, -0.2) is 61.5 Å². The highest BCUT2D eigenvalue weighted by Gasteiger charge is 2.53. The van der Waals surface area contributed by atoms with Crippen LogP contribution in [0.4, 0.5) is 22.0 Å². The Morgan fingerprint density at radius 1 is 1.23 bits per heavy atom. The standard InChI is InChI=1S/C19H22F5N3O3S/c1-18(14-6-12(20)2-3-15(14)21)17(25)7-13(10-30-18)27-5-4-11-8-26(9-16(11)27)31(28,29)19(22,23)24/h2-3,6,13,17H,4-5,7-10,25H2,1H3/t13-,17+,18+/m1/s1. The Bertz CT molecular complexity index is 1030. The maximum absolute atomic E-state index is 14.3. The van der Waals surface area contributed by atoms with Gasteiger partial charge in [0.2, 0.25) is 0 Å². The fourth-order valence-corrected chi connectivity index (χ4v) is 5.51. The van der Waals surface area contributed by atoms with Crippen LogP contribution in [0, 0.1) is 11.6 Å². The SMILES string of the molecule is C[C@@]1(c2cc(F)ccc2F)OC[C@H](N2CCC3=C2CN(S(=O)(=O)C(F)(F)F)C3)C[C@@H]1N. The van der Waals surface area contributed by atoms with Gasteiger partial charge in [-0.2, -0.15) is 17.5 Å². The Kier molecular flexibility index (Phi) is 5.35. The third kappa shape index (κ3) is 3.62. The molecule has 12 heteroatoms. The van der Waals surface area contributed by atoms with E-state index in [1.165, 1.54) is 0 Å². The quantitative estimate of drug-likeness (QED) is 0.692. The van der Waals surface area contributed by atoms with Crippen LogP contribution in [0.3, 0.4) is 0 Å². The lowest BCUT2D eigenvalue weighted by atomic mass is 9.82. The molecule has 4 rings (SSSR count). The molecule has 0 spiro atoms. The fourth-order valence-electron chi connectivity index (χ4n) is 4.60. The maximum atomic E-state index is 14.3. The third-order valence-electron chi connectivity index (χ3n) is 6.45. The van der Waals surface area contributed by atoms with Crippen LogP contribution in [-0.2, 0) is 20.4 Å². The van der Waals surface area contributed by atoms with Crippen LogP contribution in [0.15, 0.2) is 29.5 Å². The summed E-state index contributed by atoms with van der Waals surface area (Å²) in [7, 11) is -5.41. The van der Waals surface area contributed by atoms with Gasteiger partial charge >= 0.3 is 15.5 Å². The highest BCUT2D eigenvalue weighted by molar-refractivity contribution is 7.90. The molecule has 0 amide bonds. The van der Waals surface area contributed by atoms with E-state index in [0.717, 1.165) is 18.2 Å². The zero-order valence-corrected chi connectivity index (χ0v) is 17.4. The first-order chi connectivity index (χ1) is 14.3. The van der Waals surface area contributed by atoms with Crippen LogP contribution >= 0.6 is 0 Å². The van der Waals surface area contributed by atoms with Crippen LogP contribution in [0.2, 0.25) is 0 Å². The predicted octanol–water partition coefficient (Wildman–Crippen LogP) is 2.42. The van der Waals surface area contributed by atoms with E-state index in [1.54, 1.807) is 6.92 Å². The first-order valence-corrected chi connectivity index (χ1v) is 11.2. The predicted molar refractivity (Wildman–Crippen MR) is 101 cm³/mol. The molecule has 172 valence electrons. The summed E-state index contributed by atoms with van der Waals surface area (Å²) < 4.78 is 96.6. The number of alkyl halides is 3. The van der Waals surface area contributed by atoms with Gasteiger partial charge < -0.3 is 15.4 Å². The fraction of sp³-hybridized carbons (Fsp3) is 0.579. The zero-order chi connectivity index (χ0) is 22.8. The molecular formula is C19H22F5N3O3S. The highest BCUT2D eigenvalue weighted by Crippen LogP contribution is 2.41. The molecule has 6 nitrogen and oxygen atoms in total. The molecule has 0 radical (unpaired) electrons. The van der Waals surface area contributed by atoms with E-state index in [0.29, 0.717) is 35.0 Å². The van der Waals surface area contributed by atoms with Crippen molar-refractivity contribution in [2.75, 3.05) is 26.2 Å². The number of benzene rings is 1. The summed E-state index contributed by atoms with van der Waals surface area (Å²) in [6, 6.07) is 2.01. The molecule has 0 aliphatic carbocycles. The van der Waals surface area contributed by atoms with E-state index in [9.17, 15) is 30.4 Å². The molecule has 0 saturated carbocycles. The molecular weight excluding hydrogens is 445 g/mol. The first kappa shape index (κ1) is 22.4. The monoisotopic (exact) mass is 467 g/mol. The average molecular weight is 467 g/mol. The lowest BCUT2D eigenvalue weighted by molar-refractivity contribution is -0.114. The van der Waals surface area contributed by atoms with E-state index < -0.39 is 38.8 Å². The van der Waals surface area contributed by atoms with E-state index in [1.807, 2.05) is 4.90 Å². The molecule has 3 atom stereocenters. The summed E-state index contributed by atoms with van der Waals surface area (Å²) in [6.45, 7) is 1.52. The van der Waals surface area contributed by atoms with Gasteiger partial charge in [0, 0.05) is 30.4 Å². The Morgan fingerprint density at radius 2 is 1.94 bits per heavy atom. The van der Waals surface area contributed by atoms with Crippen molar-refractivity contribution in [2.45, 2.75) is 43.0 Å². The molecule has 3 aliphatic heterocycles. The van der Waals surface area contributed by atoms with E-state index in [2.05, 4.69) is 0 Å². The summed E-state index contributed by atoms with van der Waals surface area (Å²) in [5, 5.41) is 0. The summed E-state index contributed by atoms with van der Waals surface area (Å²) in [4.78, 5) is 1.84. The Morgan fingerprint density at radius 3 is 2.58 bits per heavy atom. The van der Waals surface area contributed by atoms with E-state index in [4.69, 9.17) is 10.5 Å². The number of rotatable bonds is 3. The first-order valence-electron chi connectivity index (χ1n) is 9.73. The van der Waals surface area contributed by atoms with Crippen molar-refractivity contribution in [1.29, 1.82) is 0 Å². The molecule has 1 aromatic carbocycles. The van der Waals surface area contributed by atoms with Gasteiger partial charge in [-0.05, 0) is 43.5 Å². The van der Waals surface area contributed by atoms with Crippen molar-refractivity contribution >= 4 is 10.0 Å². The van der Waals surface area contributed by atoms with Gasteiger partial charge in [0.15, 0.2) is 0 Å². The molecule has 0 bridgehead atoms. The van der Waals surface area contributed by atoms with Crippen LogP contribution < -0.4 is 5.73 Å². The number of halogens is 5. The normalized spacial score (nSPS) is 30.2. The molecule has 0 unspecified atom stereocenters. The van der Waals surface area contributed by atoms with Gasteiger partial charge in [-0.15, -0.1) is 0 Å². The number of nitrogens with two attached hydrogens (primary N) is 1. The number of hydrogen-bond donors (Lipinski definition) is 1. The van der Waals surface area contributed by atoms with Crippen molar-refractivity contribution in [2.24, 2.45) is 5.73 Å². The minimum Gasteiger partial charge on any atom is -0.368 e. The number of hydrogen-bond acceptors (Lipinski definition) is 5. The summed E-state index contributed by atoms with van der Waals surface area (Å²) in [5.74, 6) is -1.27. The number of sulfonamides is 1. The molecule has 1 aromatic rings. The van der Waals surface area contributed by atoms with Gasteiger partial charge in [0.1, 0.15) is 17.2 Å². The molecule has 0 aromatic heterocycles. The van der Waals surface area contributed by atoms with E-state index in [-0.39, 0.29) is 31.3 Å². The molecule has 3 heterocycles. The second-order valence-corrected chi connectivity index (χ2v) is 10.2. The third-order valence-corrected chi connectivity index (χ3v) is 7.97. The van der Waals surface area contributed by atoms with Crippen LogP contribution in [0.25, 0.3) is 0 Å². The van der Waals surface area contributed by atoms with Crippen molar-refractivity contribution in [3.05, 3.63) is 46.7 Å².